The smallest absolute Gasteiger partial charge is 0.179 e. The zero-order valence-electron chi connectivity index (χ0n) is 21.3. The second kappa shape index (κ2) is 9.04. The summed E-state index contributed by atoms with van der Waals surface area (Å²) in [4.78, 5) is 6.86. The van der Waals surface area contributed by atoms with Crippen molar-refractivity contribution < 1.29 is 9.84 Å². The molecule has 1 aromatic carbocycles. The molecule has 6 aliphatic rings. The minimum Gasteiger partial charge on any atom is -0.507 e. The van der Waals surface area contributed by atoms with Gasteiger partial charge in [-0.15, -0.1) is 0 Å². The SMILES string of the molecule is C\C=C/C(=C\C=N\COc1c2c(c(O)c3c1C1CCC3C1)C1CCC2CC1)C1=CC(C)N(C)C=C1. The van der Waals surface area contributed by atoms with E-state index in [4.69, 9.17) is 4.74 Å². The van der Waals surface area contributed by atoms with Crippen LogP contribution in [-0.4, -0.2) is 36.0 Å². The molecule has 5 aliphatic carbocycles. The molecule has 3 atom stereocenters. The van der Waals surface area contributed by atoms with Gasteiger partial charge in [-0.05, 0) is 112 Å². The molecule has 0 spiro atoms. The number of benzene rings is 1. The molecule has 1 heterocycles. The fourth-order valence-corrected chi connectivity index (χ4v) is 7.42. The highest BCUT2D eigenvalue weighted by Crippen LogP contribution is 2.65. The van der Waals surface area contributed by atoms with Crippen LogP contribution in [0.4, 0.5) is 0 Å². The Hall–Kier alpha value is -2.75. The van der Waals surface area contributed by atoms with Gasteiger partial charge in [-0.1, -0.05) is 18.2 Å². The first-order chi connectivity index (χ1) is 17.1. The molecule has 35 heavy (non-hydrogen) atoms. The Morgan fingerprint density at radius 3 is 2.37 bits per heavy atom. The number of allylic oxidation sites excluding steroid dienone is 6. The summed E-state index contributed by atoms with van der Waals surface area (Å²) in [6.07, 6.45) is 23.3. The predicted molar refractivity (Wildman–Crippen MR) is 143 cm³/mol. The van der Waals surface area contributed by atoms with Crippen LogP contribution in [0.3, 0.4) is 0 Å². The molecule has 1 aromatic rings. The number of hydrogen-bond donors (Lipinski definition) is 1. The highest BCUT2D eigenvalue weighted by Gasteiger charge is 2.47. The first-order valence-electron chi connectivity index (χ1n) is 13.6. The molecule has 0 radical (unpaired) electrons. The van der Waals surface area contributed by atoms with Crippen molar-refractivity contribution in [2.75, 3.05) is 13.8 Å². The molecule has 0 saturated heterocycles. The van der Waals surface area contributed by atoms with E-state index in [2.05, 4.69) is 60.4 Å². The average Bonchev–Trinajstić information content (AvgIpc) is 3.50. The minimum atomic E-state index is 0.325. The quantitative estimate of drug-likeness (QED) is 0.353. The second-order valence-corrected chi connectivity index (χ2v) is 11.2. The van der Waals surface area contributed by atoms with Crippen LogP contribution in [0.25, 0.3) is 0 Å². The van der Waals surface area contributed by atoms with E-state index in [1.807, 2.05) is 13.1 Å². The predicted octanol–water partition coefficient (Wildman–Crippen LogP) is 7.20. The van der Waals surface area contributed by atoms with Crippen LogP contribution < -0.4 is 4.74 Å². The zero-order chi connectivity index (χ0) is 24.1. The van der Waals surface area contributed by atoms with Gasteiger partial charge >= 0.3 is 0 Å². The van der Waals surface area contributed by atoms with Crippen molar-refractivity contribution in [1.29, 1.82) is 0 Å². The Balaban J connectivity index is 1.27. The highest BCUT2D eigenvalue weighted by atomic mass is 16.5. The minimum absolute atomic E-state index is 0.325. The number of aliphatic imine (C=N–C) groups is 1. The third-order valence-corrected chi connectivity index (χ3v) is 9.25. The lowest BCUT2D eigenvalue weighted by Crippen LogP contribution is -2.24. The first kappa shape index (κ1) is 22.7. The van der Waals surface area contributed by atoms with E-state index in [0.29, 0.717) is 42.2 Å². The largest absolute Gasteiger partial charge is 0.507 e. The van der Waals surface area contributed by atoms with Gasteiger partial charge in [0.2, 0.25) is 0 Å². The van der Waals surface area contributed by atoms with Gasteiger partial charge in [0.05, 0.1) is 0 Å². The molecule has 1 aliphatic heterocycles. The fourth-order valence-electron chi connectivity index (χ4n) is 7.42. The standard InChI is InChI=1S/C31H38N2O2/c1-4-5-20(23-13-15-33(3)19(2)16-23)12-14-32-18-35-31-28-22-8-6-21(7-9-22)26(28)30(34)27-24-10-11-25(17-24)29(27)31/h4-5,12-16,19,21-22,24-25,34H,6-11,17-18H2,1-3H3/b5-4-,20-12+,32-14+. The van der Waals surface area contributed by atoms with Crippen LogP contribution in [0.2, 0.25) is 0 Å². The summed E-state index contributed by atoms with van der Waals surface area (Å²) in [5, 5.41) is 11.4. The van der Waals surface area contributed by atoms with Gasteiger partial charge in [0.15, 0.2) is 6.73 Å². The summed E-state index contributed by atoms with van der Waals surface area (Å²) in [5.41, 5.74) is 7.52. The van der Waals surface area contributed by atoms with Crippen molar-refractivity contribution in [1.82, 2.24) is 4.90 Å². The van der Waals surface area contributed by atoms with Crippen molar-refractivity contribution in [3.63, 3.8) is 0 Å². The van der Waals surface area contributed by atoms with Gasteiger partial charge in [-0.2, -0.15) is 0 Å². The van der Waals surface area contributed by atoms with Gasteiger partial charge in [0, 0.05) is 41.6 Å². The summed E-state index contributed by atoms with van der Waals surface area (Å²) in [7, 11) is 2.10. The van der Waals surface area contributed by atoms with E-state index in [1.165, 1.54) is 72.8 Å². The Labute approximate surface area is 209 Å². The number of aromatic hydroxyl groups is 1. The Bertz CT molecular complexity index is 1160. The number of rotatable bonds is 6. The van der Waals surface area contributed by atoms with Crippen LogP contribution >= 0.6 is 0 Å². The summed E-state index contributed by atoms with van der Waals surface area (Å²) >= 11 is 0. The molecular formula is C31H38N2O2. The van der Waals surface area contributed by atoms with Crippen molar-refractivity contribution in [2.45, 2.75) is 88.5 Å². The molecule has 7 rings (SSSR count). The maximum absolute atomic E-state index is 11.4. The van der Waals surface area contributed by atoms with Crippen LogP contribution in [0.15, 0.2) is 52.7 Å². The molecule has 4 bridgehead atoms. The van der Waals surface area contributed by atoms with E-state index >= 15 is 0 Å². The second-order valence-electron chi connectivity index (χ2n) is 11.2. The number of ether oxygens (including phenoxy) is 1. The summed E-state index contributed by atoms with van der Waals surface area (Å²) in [6.45, 7) is 4.58. The van der Waals surface area contributed by atoms with Crippen molar-refractivity contribution >= 4 is 6.21 Å². The normalized spacial score (nSPS) is 30.9. The number of phenolic OH excluding ortho intramolecular Hbond substituents is 1. The third-order valence-electron chi connectivity index (χ3n) is 9.25. The molecule has 1 N–H and O–H groups in total. The maximum Gasteiger partial charge on any atom is 0.179 e. The third kappa shape index (κ3) is 3.77. The summed E-state index contributed by atoms with van der Waals surface area (Å²) in [5.74, 6) is 3.86. The molecule has 4 nitrogen and oxygen atoms in total. The lowest BCUT2D eigenvalue weighted by molar-refractivity contribution is 0.291. The first-order valence-corrected chi connectivity index (χ1v) is 13.6. The van der Waals surface area contributed by atoms with Gasteiger partial charge in [-0.25, -0.2) is 0 Å². The molecule has 2 fully saturated rings. The molecule has 2 saturated carbocycles. The highest BCUT2D eigenvalue weighted by molar-refractivity contribution is 5.75. The number of phenols is 1. The zero-order valence-corrected chi connectivity index (χ0v) is 21.3. The van der Waals surface area contributed by atoms with Crippen LogP contribution in [0, 0.1) is 0 Å². The number of likely N-dealkylation sites (N-methyl/N-ethyl adjacent to an activating group) is 1. The van der Waals surface area contributed by atoms with E-state index < -0.39 is 0 Å². The van der Waals surface area contributed by atoms with E-state index in [0.717, 1.165) is 11.3 Å². The van der Waals surface area contributed by atoms with E-state index in [1.54, 1.807) is 0 Å². The lowest BCUT2D eigenvalue weighted by atomic mass is 9.64. The van der Waals surface area contributed by atoms with Gasteiger partial charge in [0.25, 0.3) is 0 Å². The molecule has 4 heteroatoms. The van der Waals surface area contributed by atoms with Crippen LogP contribution in [0.5, 0.6) is 11.5 Å². The number of hydrogen-bond acceptors (Lipinski definition) is 4. The van der Waals surface area contributed by atoms with Crippen molar-refractivity contribution in [2.24, 2.45) is 4.99 Å². The lowest BCUT2D eigenvalue weighted by Gasteiger charge is -2.41. The average molecular weight is 471 g/mol. The Morgan fingerprint density at radius 1 is 1.03 bits per heavy atom. The van der Waals surface area contributed by atoms with Gasteiger partial charge < -0.3 is 14.7 Å². The summed E-state index contributed by atoms with van der Waals surface area (Å²) < 4.78 is 6.53. The Kier molecular flexibility index (Phi) is 5.86. The van der Waals surface area contributed by atoms with E-state index in [9.17, 15) is 5.11 Å². The monoisotopic (exact) mass is 470 g/mol. The van der Waals surface area contributed by atoms with Crippen molar-refractivity contribution in [3.8, 4) is 11.5 Å². The maximum atomic E-state index is 11.4. The topological polar surface area (TPSA) is 45.1 Å². The molecule has 3 unspecified atom stereocenters. The summed E-state index contributed by atoms with van der Waals surface area (Å²) in [6, 6.07) is 0.373. The fraction of sp³-hybridized carbons (Fsp3) is 0.516. The van der Waals surface area contributed by atoms with Crippen LogP contribution in [0.1, 0.15) is 105 Å². The Morgan fingerprint density at radius 2 is 1.66 bits per heavy atom. The van der Waals surface area contributed by atoms with Gasteiger partial charge in [-0.3, -0.25) is 4.99 Å². The molecule has 184 valence electrons. The number of nitrogens with zero attached hydrogens (tertiary/aromatic N) is 2. The van der Waals surface area contributed by atoms with E-state index in [-0.39, 0.29) is 0 Å². The molecular weight excluding hydrogens is 432 g/mol. The molecule has 0 amide bonds. The van der Waals surface area contributed by atoms with Crippen LogP contribution in [-0.2, 0) is 0 Å². The van der Waals surface area contributed by atoms with Crippen molar-refractivity contribution in [3.05, 3.63) is 70.0 Å². The number of fused-ring (bicyclic) bond motifs is 7. The van der Waals surface area contributed by atoms with Gasteiger partial charge in [0.1, 0.15) is 11.5 Å². The molecule has 0 aromatic heterocycles.